The molecule has 0 heterocycles. The molecule has 2 aromatic rings. The van der Waals surface area contributed by atoms with E-state index >= 15 is 0 Å². The number of nitrogens with one attached hydrogen (secondary N) is 1. The zero-order chi connectivity index (χ0) is 22.1. The fraction of sp³-hybridized carbons (Fsp3) is 0.143. The summed E-state index contributed by atoms with van der Waals surface area (Å²) in [5.41, 5.74) is -10.3. The highest BCUT2D eigenvalue weighted by atomic mass is 32.2. The maximum absolute atomic E-state index is 12.9. The van der Waals surface area contributed by atoms with Gasteiger partial charge in [-0.3, -0.25) is 20.2 Å². The molecule has 2 aromatic carbocycles. The zero-order valence-corrected chi connectivity index (χ0v) is 14.4. The number of hydrogen-bond donors (Lipinski definition) is 1. The van der Waals surface area contributed by atoms with Gasteiger partial charge in [-0.05, 0) is 24.3 Å². The first-order chi connectivity index (χ1) is 13.2. The van der Waals surface area contributed by atoms with Gasteiger partial charge < -0.3 is 5.32 Å². The Morgan fingerprint density at radius 3 is 1.66 bits per heavy atom. The van der Waals surface area contributed by atoms with E-state index in [2.05, 4.69) is 5.32 Å². The highest BCUT2D eigenvalue weighted by Crippen LogP contribution is 2.42. The molecule has 1 unspecified atom stereocenters. The topological polar surface area (TPSA) is 115 Å². The number of rotatable bonds is 5. The Balaban J connectivity index is 2.53. The Bertz CT molecular complexity index is 956. The minimum absolute atomic E-state index is 0.0857. The Morgan fingerprint density at radius 2 is 1.31 bits per heavy atom. The lowest BCUT2D eigenvalue weighted by Crippen LogP contribution is -2.16. The van der Waals surface area contributed by atoms with Gasteiger partial charge in [0.05, 0.1) is 15.4 Å². The van der Waals surface area contributed by atoms with Crippen molar-refractivity contribution in [3.05, 3.63) is 62.2 Å². The number of alkyl halides is 6. The standard InChI is InChI=1S/C14H7F6N3O5S/c15-13(16,17)7-5-10(22(24)25)12(11(6-7)23(26)27)21-8-1-3-9(4-2-8)29(28)14(18,19)20/h1-6,21H. The van der Waals surface area contributed by atoms with E-state index in [1.54, 1.807) is 0 Å². The average molecular weight is 443 g/mol. The number of hydrogen-bond acceptors (Lipinski definition) is 6. The van der Waals surface area contributed by atoms with Crippen LogP contribution in [0.5, 0.6) is 0 Å². The molecular formula is C14H7F6N3O5S. The smallest absolute Gasteiger partial charge is 0.344 e. The summed E-state index contributed by atoms with van der Waals surface area (Å²) in [6.07, 6.45) is -5.10. The number of benzene rings is 2. The average Bonchev–Trinajstić information content (AvgIpc) is 2.59. The minimum atomic E-state index is -5.10. The van der Waals surface area contributed by atoms with E-state index in [0.29, 0.717) is 0 Å². The lowest BCUT2D eigenvalue weighted by Gasteiger charge is -2.12. The van der Waals surface area contributed by atoms with E-state index in [1.807, 2.05) is 0 Å². The SMILES string of the molecule is O=[N+]([O-])c1cc(C(F)(F)F)cc([N+](=O)[O-])c1Nc1ccc(S(=O)C(F)(F)F)cc1. The molecule has 0 spiro atoms. The quantitative estimate of drug-likeness (QED) is 0.400. The predicted octanol–water partition coefficient (Wildman–Crippen LogP) is 4.89. The van der Waals surface area contributed by atoms with Crippen molar-refractivity contribution in [2.45, 2.75) is 16.6 Å². The second kappa shape index (κ2) is 7.65. The second-order valence-corrected chi connectivity index (χ2v) is 6.74. The van der Waals surface area contributed by atoms with Crippen molar-refractivity contribution in [1.29, 1.82) is 0 Å². The number of nitro benzene ring substituents is 2. The Kier molecular flexibility index (Phi) is 5.82. The molecule has 0 saturated carbocycles. The molecule has 1 atom stereocenters. The maximum atomic E-state index is 12.9. The van der Waals surface area contributed by atoms with Crippen LogP contribution in [0.1, 0.15) is 5.56 Å². The van der Waals surface area contributed by atoms with Crippen molar-refractivity contribution >= 4 is 33.5 Å². The third-order valence-corrected chi connectivity index (χ3v) is 4.49. The van der Waals surface area contributed by atoms with Crippen LogP contribution in [0.4, 0.5) is 49.1 Å². The van der Waals surface area contributed by atoms with E-state index < -0.39 is 59.9 Å². The molecular weight excluding hydrogens is 436 g/mol. The molecule has 1 N–H and O–H groups in total. The number of halogens is 6. The van der Waals surface area contributed by atoms with Gasteiger partial charge in [0.15, 0.2) is 16.5 Å². The Hall–Kier alpha value is -3.23. The van der Waals surface area contributed by atoms with Gasteiger partial charge in [0.2, 0.25) is 0 Å². The number of nitrogens with zero attached hydrogens (tertiary/aromatic N) is 2. The molecule has 15 heteroatoms. The summed E-state index contributed by atoms with van der Waals surface area (Å²) < 4.78 is 87.2. The van der Waals surface area contributed by atoms with Crippen LogP contribution in [0.2, 0.25) is 0 Å². The molecule has 0 saturated heterocycles. The van der Waals surface area contributed by atoms with E-state index in [4.69, 9.17) is 0 Å². The summed E-state index contributed by atoms with van der Waals surface area (Å²) in [6, 6.07) is 3.42. The molecule has 0 fully saturated rings. The van der Waals surface area contributed by atoms with Crippen LogP contribution in [-0.2, 0) is 17.0 Å². The molecule has 2 rings (SSSR count). The van der Waals surface area contributed by atoms with Crippen LogP contribution in [0.25, 0.3) is 0 Å². The summed E-state index contributed by atoms with van der Waals surface area (Å²) in [6.45, 7) is 0. The van der Waals surface area contributed by atoms with Gasteiger partial charge in [-0.2, -0.15) is 26.3 Å². The third-order valence-electron chi connectivity index (χ3n) is 3.37. The summed E-state index contributed by atoms with van der Waals surface area (Å²) in [7, 11) is -3.36. The van der Waals surface area contributed by atoms with Gasteiger partial charge in [0, 0.05) is 22.7 Å². The molecule has 29 heavy (non-hydrogen) atoms. The monoisotopic (exact) mass is 443 g/mol. The number of nitro groups is 2. The van der Waals surface area contributed by atoms with Crippen LogP contribution in [-0.4, -0.2) is 19.6 Å². The van der Waals surface area contributed by atoms with E-state index in [9.17, 15) is 50.8 Å². The summed E-state index contributed by atoms with van der Waals surface area (Å²) in [5.74, 6) is 0. The normalized spacial score (nSPS) is 13.0. The van der Waals surface area contributed by atoms with Gasteiger partial charge in [-0.1, -0.05) is 0 Å². The van der Waals surface area contributed by atoms with Gasteiger partial charge in [-0.15, -0.1) is 0 Å². The van der Waals surface area contributed by atoms with Gasteiger partial charge >= 0.3 is 11.7 Å². The van der Waals surface area contributed by atoms with Crippen LogP contribution < -0.4 is 5.32 Å². The molecule has 0 aliphatic heterocycles. The zero-order valence-electron chi connectivity index (χ0n) is 13.6. The van der Waals surface area contributed by atoms with Crippen LogP contribution >= 0.6 is 0 Å². The fourth-order valence-corrected chi connectivity index (χ4v) is 2.78. The predicted molar refractivity (Wildman–Crippen MR) is 86.9 cm³/mol. The highest BCUT2D eigenvalue weighted by Gasteiger charge is 2.39. The molecule has 0 aromatic heterocycles. The molecule has 0 aliphatic carbocycles. The molecule has 0 amide bonds. The van der Waals surface area contributed by atoms with Gasteiger partial charge in [-0.25, -0.2) is 4.21 Å². The summed E-state index contributed by atoms with van der Waals surface area (Å²) >= 11 is 0. The van der Waals surface area contributed by atoms with Crippen LogP contribution in [0, 0.1) is 20.2 Å². The van der Waals surface area contributed by atoms with Gasteiger partial charge in [0.1, 0.15) is 0 Å². The van der Waals surface area contributed by atoms with E-state index in [-0.39, 0.29) is 17.8 Å². The molecule has 0 bridgehead atoms. The molecule has 0 radical (unpaired) electrons. The number of anilines is 2. The molecule has 0 aliphatic rings. The van der Waals surface area contributed by atoms with Crippen molar-refractivity contribution in [3.63, 3.8) is 0 Å². The van der Waals surface area contributed by atoms with E-state index in [1.165, 1.54) is 0 Å². The first kappa shape index (κ1) is 22.1. The van der Waals surface area contributed by atoms with Crippen molar-refractivity contribution in [1.82, 2.24) is 0 Å². The molecule has 156 valence electrons. The summed E-state index contributed by atoms with van der Waals surface area (Å²) in [5, 5.41) is 24.4. The Morgan fingerprint density at radius 1 is 0.862 bits per heavy atom. The van der Waals surface area contributed by atoms with Crippen LogP contribution in [0.15, 0.2) is 41.3 Å². The van der Waals surface area contributed by atoms with Crippen molar-refractivity contribution in [2.24, 2.45) is 0 Å². The maximum Gasteiger partial charge on any atom is 0.475 e. The fourth-order valence-electron chi connectivity index (χ4n) is 2.13. The third kappa shape index (κ3) is 4.98. The first-order valence-electron chi connectivity index (χ1n) is 7.11. The summed E-state index contributed by atoms with van der Waals surface area (Å²) in [4.78, 5) is 19.0. The lowest BCUT2D eigenvalue weighted by molar-refractivity contribution is -0.392. The van der Waals surface area contributed by atoms with E-state index in [0.717, 1.165) is 24.3 Å². The minimum Gasteiger partial charge on any atom is -0.344 e. The Labute approximate surface area is 158 Å². The largest absolute Gasteiger partial charge is 0.475 e. The molecule has 8 nitrogen and oxygen atoms in total. The first-order valence-corrected chi connectivity index (χ1v) is 8.26. The van der Waals surface area contributed by atoms with Crippen molar-refractivity contribution in [3.8, 4) is 0 Å². The van der Waals surface area contributed by atoms with Crippen LogP contribution in [0.3, 0.4) is 0 Å². The van der Waals surface area contributed by atoms with Crippen molar-refractivity contribution < 1.29 is 40.4 Å². The highest BCUT2D eigenvalue weighted by molar-refractivity contribution is 7.86. The second-order valence-electron chi connectivity index (χ2n) is 5.27. The van der Waals surface area contributed by atoms with Crippen molar-refractivity contribution in [2.75, 3.05) is 5.32 Å². The lowest BCUT2D eigenvalue weighted by atomic mass is 10.1. The van der Waals surface area contributed by atoms with Gasteiger partial charge in [0.25, 0.3) is 11.4 Å².